The highest BCUT2D eigenvalue weighted by Crippen LogP contribution is 2.30. The van der Waals surface area contributed by atoms with Crippen LogP contribution in [0.1, 0.15) is 38.9 Å². The van der Waals surface area contributed by atoms with Gasteiger partial charge in [-0.15, -0.1) is 0 Å². The monoisotopic (exact) mass is 296 g/mol. The minimum absolute atomic E-state index is 0.342. The lowest BCUT2D eigenvalue weighted by molar-refractivity contribution is 0.150. The Kier molecular flexibility index (Phi) is 5.22. The SMILES string of the molecule is CCCc1nc(Cl)cc(NCC2(C)CCN(C)CC2)n1. The Balaban J connectivity index is 1.96. The van der Waals surface area contributed by atoms with E-state index in [1.807, 2.05) is 6.07 Å². The molecule has 0 radical (unpaired) electrons. The smallest absolute Gasteiger partial charge is 0.134 e. The fourth-order valence-electron chi connectivity index (χ4n) is 2.53. The van der Waals surface area contributed by atoms with Crippen LogP contribution in [0.25, 0.3) is 0 Å². The van der Waals surface area contributed by atoms with E-state index >= 15 is 0 Å². The van der Waals surface area contributed by atoms with Gasteiger partial charge in [0.15, 0.2) is 0 Å². The Morgan fingerprint density at radius 1 is 1.35 bits per heavy atom. The zero-order valence-electron chi connectivity index (χ0n) is 12.7. The fourth-order valence-corrected chi connectivity index (χ4v) is 2.73. The van der Waals surface area contributed by atoms with Gasteiger partial charge in [0.2, 0.25) is 0 Å². The van der Waals surface area contributed by atoms with Gasteiger partial charge in [0.05, 0.1) is 0 Å². The number of nitrogens with zero attached hydrogens (tertiary/aromatic N) is 3. The van der Waals surface area contributed by atoms with Crippen molar-refractivity contribution in [1.29, 1.82) is 0 Å². The maximum absolute atomic E-state index is 6.06. The number of nitrogens with one attached hydrogen (secondary N) is 1. The van der Waals surface area contributed by atoms with Crippen LogP contribution in [0.2, 0.25) is 5.15 Å². The topological polar surface area (TPSA) is 41.1 Å². The molecule has 0 aromatic carbocycles. The van der Waals surface area contributed by atoms with Crippen molar-refractivity contribution in [2.24, 2.45) is 5.41 Å². The number of anilines is 1. The summed E-state index contributed by atoms with van der Waals surface area (Å²) >= 11 is 6.06. The molecule has 5 heteroatoms. The number of piperidine rings is 1. The van der Waals surface area contributed by atoms with Crippen molar-refractivity contribution in [2.75, 3.05) is 32.0 Å². The van der Waals surface area contributed by atoms with E-state index in [1.165, 1.54) is 25.9 Å². The summed E-state index contributed by atoms with van der Waals surface area (Å²) in [5, 5.41) is 3.98. The Bertz CT molecular complexity index is 441. The lowest BCUT2D eigenvalue weighted by atomic mass is 9.80. The summed E-state index contributed by atoms with van der Waals surface area (Å²) in [6.45, 7) is 7.76. The molecule has 2 rings (SSSR count). The molecule has 0 atom stereocenters. The second-order valence-corrected chi connectivity index (χ2v) is 6.60. The second kappa shape index (κ2) is 6.72. The molecule has 1 aliphatic heterocycles. The number of aromatic nitrogens is 2. The van der Waals surface area contributed by atoms with Crippen LogP contribution in [-0.4, -0.2) is 41.5 Å². The van der Waals surface area contributed by atoms with Crippen LogP contribution < -0.4 is 5.32 Å². The summed E-state index contributed by atoms with van der Waals surface area (Å²) < 4.78 is 0. The van der Waals surface area contributed by atoms with E-state index < -0.39 is 0 Å². The fraction of sp³-hybridized carbons (Fsp3) is 0.733. The molecule has 4 nitrogen and oxygen atoms in total. The molecule has 0 bridgehead atoms. The number of hydrogen-bond donors (Lipinski definition) is 1. The van der Waals surface area contributed by atoms with Crippen molar-refractivity contribution in [2.45, 2.75) is 39.5 Å². The first-order valence-corrected chi connectivity index (χ1v) is 7.84. The van der Waals surface area contributed by atoms with Gasteiger partial charge in [-0.1, -0.05) is 25.4 Å². The highest BCUT2D eigenvalue weighted by Gasteiger charge is 2.28. The highest BCUT2D eigenvalue weighted by molar-refractivity contribution is 6.29. The number of likely N-dealkylation sites (tertiary alicyclic amines) is 1. The summed E-state index contributed by atoms with van der Waals surface area (Å²) in [6, 6.07) is 1.82. The van der Waals surface area contributed by atoms with E-state index in [2.05, 4.69) is 41.1 Å². The van der Waals surface area contributed by atoms with Crippen molar-refractivity contribution >= 4 is 17.4 Å². The summed E-state index contributed by atoms with van der Waals surface area (Å²) in [7, 11) is 2.19. The van der Waals surface area contributed by atoms with E-state index in [0.717, 1.165) is 31.0 Å². The van der Waals surface area contributed by atoms with Crippen LogP contribution in [0.5, 0.6) is 0 Å². The molecule has 1 N–H and O–H groups in total. The number of aryl methyl sites for hydroxylation is 1. The van der Waals surface area contributed by atoms with Crippen molar-refractivity contribution in [3.05, 3.63) is 17.0 Å². The Hall–Kier alpha value is -0.870. The molecule has 20 heavy (non-hydrogen) atoms. The van der Waals surface area contributed by atoms with Gasteiger partial charge in [0.1, 0.15) is 16.8 Å². The van der Waals surface area contributed by atoms with Gasteiger partial charge in [-0.25, -0.2) is 9.97 Å². The molecule has 0 spiro atoms. The van der Waals surface area contributed by atoms with Crippen LogP contribution in [-0.2, 0) is 6.42 Å². The van der Waals surface area contributed by atoms with Crippen molar-refractivity contribution in [3.63, 3.8) is 0 Å². The number of halogens is 1. The first-order valence-electron chi connectivity index (χ1n) is 7.47. The maximum atomic E-state index is 6.06. The van der Waals surface area contributed by atoms with Gasteiger partial charge >= 0.3 is 0 Å². The van der Waals surface area contributed by atoms with Crippen molar-refractivity contribution in [3.8, 4) is 0 Å². The first kappa shape index (κ1) is 15.5. The average molecular weight is 297 g/mol. The van der Waals surface area contributed by atoms with E-state index in [0.29, 0.717) is 10.6 Å². The molecule has 2 heterocycles. The second-order valence-electron chi connectivity index (χ2n) is 6.21. The predicted octanol–water partition coefficient (Wildman–Crippen LogP) is 3.23. The zero-order chi connectivity index (χ0) is 14.6. The summed E-state index contributed by atoms with van der Waals surface area (Å²) in [4.78, 5) is 11.2. The van der Waals surface area contributed by atoms with E-state index in [4.69, 9.17) is 11.6 Å². The van der Waals surface area contributed by atoms with Crippen LogP contribution in [0, 0.1) is 5.41 Å². The Morgan fingerprint density at radius 2 is 2.05 bits per heavy atom. The van der Waals surface area contributed by atoms with Gasteiger partial charge in [-0.2, -0.15) is 0 Å². The summed E-state index contributed by atoms with van der Waals surface area (Å²) in [6.07, 6.45) is 4.34. The Morgan fingerprint density at radius 3 is 2.70 bits per heavy atom. The minimum atomic E-state index is 0.342. The van der Waals surface area contributed by atoms with Crippen LogP contribution in [0.4, 0.5) is 5.82 Å². The summed E-state index contributed by atoms with van der Waals surface area (Å²) in [5.74, 6) is 1.68. The molecule has 0 amide bonds. The highest BCUT2D eigenvalue weighted by atomic mass is 35.5. The molecule has 112 valence electrons. The molecule has 1 fully saturated rings. The molecular weight excluding hydrogens is 272 g/mol. The van der Waals surface area contributed by atoms with E-state index in [9.17, 15) is 0 Å². The molecule has 1 aliphatic rings. The van der Waals surface area contributed by atoms with Crippen LogP contribution >= 0.6 is 11.6 Å². The maximum Gasteiger partial charge on any atom is 0.134 e. The van der Waals surface area contributed by atoms with E-state index in [1.54, 1.807) is 0 Å². The minimum Gasteiger partial charge on any atom is -0.369 e. The molecule has 0 aliphatic carbocycles. The zero-order valence-corrected chi connectivity index (χ0v) is 13.5. The molecule has 0 unspecified atom stereocenters. The molecule has 1 saturated heterocycles. The average Bonchev–Trinajstić information content (AvgIpc) is 2.40. The van der Waals surface area contributed by atoms with Crippen molar-refractivity contribution < 1.29 is 0 Å². The van der Waals surface area contributed by atoms with Crippen LogP contribution in [0.3, 0.4) is 0 Å². The molecule has 1 aromatic rings. The van der Waals surface area contributed by atoms with Crippen LogP contribution in [0.15, 0.2) is 6.07 Å². The third-order valence-electron chi connectivity index (χ3n) is 4.11. The first-order chi connectivity index (χ1) is 9.50. The van der Waals surface area contributed by atoms with Gasteiger partial charge in [-0.05, 0) is 44.8 Å². The molecule has 1 aromatic heterocycles. The van der Waals surface area contributed by atoms with Gasteiger partial charge in [0.25, 0.3) is 0 Å². The predicted molar refractivity (Wildman–Crippen MR) is 84.4 cm³/mol. The normalized spacial score (nSPS) is 19.0. The lowest BCUT2D eigenvalue weighted by Crippen LogP contribution is -2.40. The molecule has 0 saturated carbocycles. The largest absolute Gasteiger partial charge is 0.369 e. The van der Waals surface area contributed by atoms with Crippen molar-refractivity contribution in [1.82, 2.24) is 14.9 Å². The van der Waals surface area contributed by atoms with Gasteiger partial charge < -0.3 is 10.2 Å². The third-order valence-corrected chi connectivity index (χ3v) is 4.30. The molecular formula is C15H25ClN4. The standard InChI is InChI=1S/C15H25ClN4/c1-4-5-13-18-12(16)10-14(19-13)17-11-15(2)6-8-20(3)9-7-15/h10H,4-9,11H2,1-3H3,(H,17,18,19). The number of hydrogen-bond acceptors (Lipinski definition) is 4. The lowest BCUT2D eigenvalue weighted by Gasteiger charge is -2.38. The summed E-state index contributed by atoms with van der Waals surface area (Å²) in [5.41, 5.74) is 0.342. The quantitative estimate of drug-likeness (QED) is 0.847. The van der Waals surface area contributed by atoms with Gasteiger partial charge in [-0.3, -0.25) is 0 Å². The number of rotatable bonds is 5. The Labute approximate surface area is 126 Å². The van der Waals surface area contributed by atoms with Gasteiger partial charge in [0, 0.05) is 19.0 Å². The third kappa shape index (κ3) is 4.32. The van der Waals surface area contributed by atoms with E-state index in [-0.39, 0.29) is 0 Å².